The third-order valence-electron chi connectivity index (χ3n) is 4.09. The molecule has 0 spiro atoms. The molecule has 1 unspecified atom stereocenters. The number of nitriles is 1. The predicted molar refractivity (Wildman–Crippen MR) is 93.9 cm³/mol. The van der Waals surface area contributed by atoms with Crippen LogP contribution in [0.4, 0.5) is 4.39 Å². The number of H-pyrrole nitrogens is 1. The van der Waals surface area contributed by atoms with E-state index in [0.717, 1.165) is 10.9 Å². The Hall–Kier alpha value is -3.24. The molecule has 1 N–H and O–H groups in total. The second-order valence-electron chi connectivity index (χ2n) is 5.76. The Kier molecular flexibility index (Phi) is 4.45. The van der Waals surface area contributed by atoms with Crippen molar-refractivity contribution < 1.29 is 4.39 Å². The molecule has 2 aromatic carbocycles. The Morgan fingerprint density at radius 1 is 1.23 bits per heavy atom. The lowest BCUT2D eigenvalue weighted by molar-refractivity contribution is 0.624. The minimum atomic E-state index is -1.12. The molecule has 0 aliphatic rings. The molecule has 26 heavy (non-hydrogen) atoms. The van der Waals surface area contributed by atoms with Gasteiger partial charge < -0.3 is 0 Å². The van der Waals surface area contributed by atoms with E-state index in [0.29, 0.717) is 16.8 Å². The van der Waals surface area contributed by atoms with E-state index in [2.05, 4.69) is 16.2 Å². The average Bonchev–Trinajstić information content (AvgIpc) is 2.61. The number of halogens is 2. The van der Waals surface area contributed by atoms with Crippen molar-refractivity contribution in [2.75, 3.05) is 0 Å². The van der Waals surface area contributed by atoms with Crippen molar-refractivity contribution in [1.29, 1.82) is 5.26 Å². The summed E-state index contributed by atoms with van der Waals surface area (Å²) in [5.41, 5.74) is -1.03. The molecule has 0 aliphatic heterocycles. The molecule has 8 heteroatoms. The van der Waals surface area contributed by atoms with Crippen LogP contribution in [0.2, 0.25) is 5.02 Å². The van der Waals surface area contributed by atoms with Crippen LogP contribution in [0.5, 0.6) is 0 Å². The zero-order chi connectivity index (χ0) is 18.9. The first-order valence-corrected chi connectivity index (χ1v) is 7.89. The summed E-state index contributed by atoms with van der Waals surface area (Å²) in [6.45, 7) is 1.67. The van der Waals surface area contributed by atoms with E-state index in [1.54, 1.807) is 19.1 Å². The summed E-state index contributed by atoms with van der Waals surface area (Å²) < 4.78 is 14.2. The number of nitrogens with zero attached hydrogens (tertiary/aromatic N) is 3. The lowest BCUT2D eigenvalue weighted by Crippen LogP contribution is -2.30. The Morgan fingerprint density at radius 3 is 2.50 bits per heavy atom. The van der Waals surface area contributed by atoms with Gasteiger partial charge in [0.1, 0.15) is 17.4 Å². The van der Waals surface area contributed by atoms with E-state index in [9.17, 15) is 19.2 Å². The molecular weight excluding hydrogens is 359 g/mol. The van der Waals surface area contributed by atoms with Crippen molar-refractivity contribution in [3.8, 4) is 11.8 Å². The fourth-order valence-electron chi connectivity index (χ4n) is 2.64. The topological polar surface area (TPSA) is 91.5 Å². The van der Waals surface area contributed by atoms with E-state index >= 15 is 0 Å². The highest BCUT2D eigenvalue weighted by Gasteiger charge is 2.31. The van der Waals surface area contributed by atoms with E-state index < -0.39 is 22.5 Å². The highest BCUT2D eigenvalue weighted by molar-refractivity contribution is 6.31. The smallest absolute Gasteiger partial charge is 0.271 e. The molecule has 130 valence electrons. The Balaban J connectivity index is 2.12. The molecule has 3 rings (SSSR count). The van der Waals surface area contributed by atoms with Crippen molar-refractivity contribution in [2.24, 2.45) is 0 Å². The molecule has 0 fully saturated rings. The molecule has 0 amide bonds. The van der Waals surface area contributed by atoms with E-state index in [1.807, 2.05) is 0 Å². The summed E-state index contributed by atoms with van der Waals surface area (Å²) in [4.78, 5) is 25.1. The largest absolute Gasteiger partial charge is 0.349 e. The maximum Gasteiger partial charge on any atom is 0.349 e. The van der Waals surface area contributed by atoms with Gasteiger partial charge in [-0.1, -0.05) is 29.8 Å². The molecule has 1 atom stereocenters. The second-order valence-corrected chi connectivity index (χ2v) is 6.17. The third-order valence-corrected chi connectivity index (χ3v) is 4.41. The summed E-state index contributed by atoms with van der Waals surface area (Å²) in [7, 11) is 0. The van der Waals surface area contributed by atoms with Gasteiger partial charge in [0.05, 0.1) is 11.8 Å². The number of hydrogen-bond donors (Lipinski definition) is 1. The standard InChI is InChI=1S/C18H12ClFN4O2/c1-18(10-21,11-2-4-12(20)5-3-11)14-7-6-13(8-15(14)19)24-17(26)23-16(25)9-22-24/h2-9H,1H3,(H,23,25,26). The number of rotatable bonds is 3. The summed E-state index contributed by atoms with van der Waals surface area (Å²) >= 11 is 6.37. The summed E-state index contributed by atoms with van der Waals surface area (Å²) in [5, 5.41) is 13.7. The minimum absolute atomic E-state index is 0.232. The number of aromatic amines is 1. The zero-order valence-electron chi connectivity index (χ0n) is 13.5. The molecule has 1 heterocycles. The van der Waals surface area contributed by atoms with E-state index in [-0.39, 0.29) is 5.02 Å². The fraction of sp³-hybridized carbons (Fsp3) is 0.111. The minimum Gasteiger partial charge on any atom is -0.271 e. The van der Waals surface area contributed by atoms with Crippen molar-refractivity contribution in [2.45, 2.75) is 12.3 Å². The van der Waals surface area contributed by atoms with Crippen LogP contribution in [-0.4, -0.2) is 14.8 Å². The fourth-order valence-corrected chi connectivity index (χ4v) is 3.01. The van der Waals surface area contributed by atoms with Crippen LogP contribution in [0, 0.1) is 17.1 Å². The van der Waals surface area contributed by atoms with Crippen molar-refractivity contribution in [3.05, 3.63) is 91.5 Å². The summed E-state index contributed by atoms with van der Waals surface area (Å²) in [6, 6.07) is 12.4. The average molecular weight is 371 g/mol. The molecule has 0 saturated carbocycles. The van der Waals surface area contributed by atoms with Gasteiger partial charge in [-0.25, -0.2) is 9.18 Å². The van der Waals surface area contributed by atoms with Gasteiger partial charge in [0.15, 0.2) is 0 Å². The Bertz CT molecular complexity index is 1130. The lowest BCUT2D eigenvalue weighted by Gasteiger charge is -2.24. The van der Waals surface area contributed by atoms with Crippen LogP contribution in [0.1, 0.15) is 18.1 Å². The van der Waals surface area contributed by atoms with Crippen LogP contribution < -0.4 is 11.2 Å². The van der Waals surface area contributed by atoms with Crippen LogP contribution >= 0.6 is 11.6 Å². The normalized spacial score (nSPS) is 13.0. The van der Waals surface area contributed by atoms with Gasteiger partial charge >= 0.3 is 5.69 Å². The first-order valence-electron chi connectivity index (χ1n) is 7.51. The third kappa shape index (κ3) is 3.03. The SMILES string of the molecule is CC(C#N)(c1ccc(F)cc1)c1ccc(-n2ncc(=O)[nH]c2=O)cc1Cl. The second kappa shape index (κ2) is 6.58. The van der Waals surface area contributed by atoms with E-state index in [1.165, 1.54) is 30.3 Å². The van der Waals surface area contributed by atoms with E-state index in [4.69, 9.17) is 11.6 Å². The lowest BCUT2D eigenvalue weighted by atomic mass is 9.77. The molecule has 1 aromatic heterocycles. The first-order chi connectivity index (χ1) is 12.3. The Morgan fingerprint density at radius 2 is 1.92 bits per heavy atom. The maximum absolute atomic E-state index is 13.2. The predicted octanol–water partition coefficient (Wildman–Crippen LogP) is 2.54. The van der Waals surface area contributed by atoms with Gasteiger partial charge in [0, 0.05) is 5.02 Å². The van der Waals surface area contributed by atoms with Crippen molar-refractivity contribution >= 4 is 11.6 Å². The first kappa shape index (κ1) is 17.6. The number of hydrogen-bond acceptors (Lipinski definition) is 4. The summed E-state index contributed by atoms with van der Waals surface area (Å²) in [5.74, 6) is -0.404. The van der Waals surface area contributed by atoms with Gasteiger partial charge in [0.25, 0.3) is 5.56 Å². The molecule has 0 saturated heterocycles. The Labute approximate surface area is 152 Å². The van der Waals surface area contributed by atoms with Crippen LogP contribution in [0.15, 0.2) is 58.3 Å². The highest BCUT2D eigenvalue weighted by atomic mass is 35.5. The zero-order valence-corrected chi connectivity index (χ0v) is 14.3. The molecule has 0 aliphatic carbocycles. The molecule has 6 nitrogen and oxygen atoms in total. The molecule has 0 bridgehead atoms. The molecular formula is C18H12ClFN4O2. The van der Waals surface area contributed by atoms with Gasteiger partial charge in [-0.3, -0.25) is 9.78 Å². The number of nitrogens with one attached hydrogen (secondary N) is 1. The molecule has 3 aromatic rings. The van der Waals surface area contributed by atoms with Crippen LogP contribution in [-0.2, 0) is 5.41 Å². The van der Waals surface area contributed by atoms with Gasteiger partial charge in [-0.05, 0) is 42.3 Å². The van der Waals surface area contributed by atoms with Crippen LogP contribution in [0.3, 0.4) is 0 Å². The van der Waals surface area contributed by atoms with Crippen molar-refractivity contribution in [3.63, 3.8) is 0 Å². The maximum atomic E-state index is 13.2. The van der Waals surface area contributed by atoms with Gasteiger partial charge in [-0.2, -0.15) is 15.0 Å². The van der Waals surface area contributed by atoms with Gasteiger partial charge in [-0.15, -0.1) is 0 Å². The number of benzene rings is 2. The van der Waals surface area contributed by atoms with Crippen LogP contribution in [0.25, 0.3) is 5.69 Å². The summed E-state index contributed by atoms with van der Waals surface area (Å²) in [6.07, 6.45) is 0.973. The molecule has 0 radical (unpaired) electrons. The quantitative estimate of drug-likeness (QED) is 0.767. The number of aromatic nitrogens is 3. The van der Waals surface area contributed by atoms with Crippen molar-refractivity contribution in [1.82, 2.24) is 14.8 Å². The van der Waals surface area contributed by atoms with Gasteiger partial charge in [0.2, 0.25) is 0 Å². The monoisotopic (exact) mass is 370 g/mol. The highest BCUT2D eigenvalue weighted by Crippen LogP contribution is 2.36.